The maximum Gasteiger partial charge on any atom is 0.332 e. The van der Waals surface area contributed by atoms with Crippen LogP contribution in [0.2, 0.25) is 13.1 Å². The van der Waals surface area contributed by atoms with Crippen molar-refractivity contribution in [2.24, 2.45) is 0 Å². The third kappa shape index (κ3) is 5.85. The van der Waals surface area contributed by atoms with Crippen LogP contribution in [0, 0.1) is 0 Å². The number of carbonyl (C=O) groups excluding carboxylic acids is 2. The molecule has 0 fully saturated rings. The van der Waals surface area contributed by atoms with E-state index < -0.39 is 20.3 Å². The molecule has 0 radical (unpaired) electrons. The van der Waals surface area contributed by atoms with Crippen molar-refractivity contribution in [1.82, 2.24) is 0 Å². The molecule has 0 aromatic carbocycles. The Morgan fingerprint density at radius 3 is 2.33 bits per heavy atom. The van der Waals surface area contributed by atoms with Crippen LogP contribution in [0.3, 0.4) is 0 Å². The zero-order valence-corrected chi connectivity index (χ0v) is 10.3. The van der Waals surface area contributed by atoms with E-state index in [1.807, 2.05) is 0 Å². The van der Waals surface area contributed by atoms with Gasteiger partial charge in [-0.25, -0.2) is 9.59 Å². The fourth-order valence-electron chi connectivity index (χ4n) is 0.706. The molecule has 0 amide bonds. The van der Waals surface area contributed by atoms with E-state index in [0.29, 0.717) is 5.57 Å². The Bertz CT molecular complexity index is 294. The van der Waals surface area contributed by atoms with E-state index in [1.54, 1.807) is 20.0 Å². The zero-order valence-electron chi connectivity index (χ0n) is 9.33. The number of esters is 1. The Hall–Kier alpha value is -1.36. The summed E-state index contributed by atoms with van der Waals surface area (Å²) >= 11 is 0. The molecule has 4 nitrogen and oxygen atoms in total. The summed E-state index contributed by atoms with van der Waals surface area (Å²) in [7, 11) is -2.30. The fraction of sp³-hybridized carbons (Fsp3) is 0.400. The van der Waals surface area contributed by atoms with Crippen molar-refractivity contribution in [3.8, 4) is 0 Å². The molecule has 0 bridgehead atoms. The van der Waals surface area contributed by atoms with E-state index in [2.05, 4.69) is 13.2 Å². The standard InChI is InChI=1S/C10H16O4Si/c1-6-9(11)14-15(4,5)7-13-10(12)8(2)3/h6H,1-2,7H2,3-5H3. The van der Waals surface area contributed by atoms with Gasteiger partial charge in [-0.3, -0.25) is 0 Å². The Morgan fingerprint density at radius 2 is 1.93 bits per heavy atom. The predicted molar refractivity (Wildman–Crippen MR) is 59.5 cm³/mol. The van der Waals surface area contributed by atoms with Gasteiger partial charge in [0.05, 0.1) is 0 Å². The van der Waals surface area contributed by atoms with Gasteiger partial charge in [-0.2, -0.15) is 0 Å². The first-order chi connectivity index (χ1) is 6.78. The molecule has 0 saturated heterocycles. The van der Waals surface area contributed by atoms with E-state index in [0.717, 1.165) is 6.08 Å². The minimum atomic E-state index is -2.30. The van der Waals surface area contributed by atoms with Gasteiger partial charge in [0.25, 0.3) is 8.32 Å². The number of ether oxygens (including phenoxy) is 1. The normalized spacial score (nSPS) is 10.3. The van der Waals surface area contributed by atoms with Gasteiger partial charge in [-0.1, -0.05) is 13.2 Å². The lowest BCUT2D eigenvalue weighted by Gasteiger charge is -2.21. The highest BCUT2D eigenvalue weighted by Gasteiger charge is 2.28. The van der Waals surface area contributed by atoms with Crippen molar-refractivity contribution in [1.29, 1.82) is 0 Å². The monoisotopic (exact) mass is 228 g/mol. The van der Waals surface area contributed by atoms with Gasteiger partial charge in [0.2, 0.25) is 0 Å². The minimum absolute atomic E-state index is 0.123. The Morgan fingerprint density at radius 1 is 1.40 bits per heavy atom. The molecule has 0 unspecified atom stereocenters. The Labute approximate surface area is 90.7 Å². The summed E-state index contributed by atoms with van der Waals surface area (Å²) in [5.41, 5.74) is 0.329. The third-order valence-corrected chi connectivity index (χ3v) is 3.04. The van der Waals surface area contributed by atoms with Gasteiger partial charge in [0, 0.05) is 11.6 Å². The van der Waals surface area contributed by atoms with Crippen LogP contribution in [0.15, 0.2) is 24.8 Å². The van der Waals surface area contributed by atoms with Crippen molar-refractivity contribution in [3.63, 3.8) is 0 Å². The maximum atomic E-state index is 11.1. The summed E-state index contributed by atoms with van der Waals surface area (Å²) in [6, 6.07) is 0. The molecule has 0 aliphatic carbocycles. The van der Waals surface area contributed by atoms with Crippen LogP contribution in [0.25, 0.3) is 0 Å². The van der Waals surface area contributed by atoms with Crippen LogP contribution in [0.1, 0.15) is 6.92 Å². The van der Waals surface area contributed by atoms with Crippen LogP contribution in [0.4, 0.5) is 0 Å². The molecule has 0 saturated carbocycles. The average Bonchev–Trinajstić information content (AvgIpc) is 2.13. The number of rotatable bonds is 5. The van der Waals surface area contributed by atoms with E-state index in [4.69, 9.17) is 9.16 Å². The molecule has 0 aliphatic rings. The molecule has 0 spiro atoms. The Kier molecular flexibility index (Phi) is 5.00. The second-order valence-electron chi connectivity index (χ2n) is 3.74. The number of carbonyl (C=O) groups is 2. The fourth-order valence-corrected chi connectivity index (χ4v) is 1.87. The van der Waals surface area contributed by atoms with E-state index in [-0.39, 0.29) is 6.23 Å². The molecule has 0 heterocycles. The van der Waals surface area contributed by atoms with Crippen molar-refractivity contribution >= 4 is 20.3 Å². The van der Waals surface area contributed by atoms with Crippen molar-refractivity contribution in [2.45, 2.75) is 20.0 Å². The number of hydrogen-bond acceptors (Lipinski definition) is 4. The second kappa shape index (κ2) is 5.50. The van der Waals surface area contributed by atoms with Crippen LogP contribution < -0.4 is 0 Å². The molecule has 84 valence electrons. The summed E-state index contributed by atoms with van der Waals surface area (Å²) in [5, 5.41) is 0. The first kappa shape index (κ1) is 13.6. The number of hydrogen-bond donors (Lipinski definition) is 0. The largest absolute Gasteiger partial charge is 0.513 e. The van der Waals surface area contributed by atoms with Gasteiger partial charge in [-0.15, -0.1) is 0 Å². The lowest BCUT2D eigenvalue weighted by atomic mass is 10.4. The van der Waals surface area contributed by atoms with Crippen LogP contribution >= 0.6 is 0 Å². The van der Waals surface area contributed by atoms with Crippen molar-refractivity contribution < 1.29 is 18.8 Å². The highest BCUT2D eigenvalue weighted by atomic mass is 28.4. The first-order valence-electron chi connectivity index (χ1n) is 4.46. The smallest absolute Gasteiger partial charge is 0.332 e. The molecule has 0 aliphatic heterocycles. The summed E-state index contributed by atoms with van der Waals surface area (Å²) in [6.07, 6.45) is 1.22. The van der Waals surface area contributed by atoms with Crippen LogP contribution in [-0.4, -0.2) is 26.5 Å². The van der Waals surface area contributed by atoms with Gasteiger partial charge in [0.15, 0.2) is 0 Å². The van der Waals surface area contributed by atoms with E-state index >= 15 is 0 Å². The van der Waals surface area contributed by atoms with Crippen LogP contribution in [-0.2, 0) is 18.8 Å². The van der Waals surface area contributed by atoms with E-state index in [9.17, 15) is 9.59 Å². The molecular weight excluding hydrogens is 212 g/mol. The molecule has 0 aromatic rings. The molecule has 5 heteroatoms. The van der Waals surface area contributed by atoms with Crippen LogP contribution in [0.5, 0.6) is 0 Å². The Balaban J connectivity index is 4.15. The molecule has 0 rings (SSSR count). The molecule has 0 N–H and O–H groups in total. The minimum Gasteiger partial charge on any atom is -0.513 e. The van der Waals surface area contributed by atoms with E-state index in [1.165, 1.54) is 0 Å². The van der Waals surface area contributed by atoms with Gasteiger partial charge in [-0.05, 0) is 20.0 Å². The third-order valence-electron chi connectivity index (χ3n) is 1.44. The highest BCUT2D eigenvalue weighted by Crippen LogP contribution is 2.07. The maximum absolute atomic E-state index is 11.1. The summed E-state index contributed by atoms with van der Waals surface area (Å²) in [6.45, 7) is 11.9. The van der Waals surface area contributed by atoms with Gasteiger partial charge in [0.1, 0.15) is 6.23 Å². The quantitative estimate of drug-likeness (QED) is 0.407. The predicted octanol–water partition coefficient (Wildman–Crippen LogP) is 1.58. The zero-order chi connectivity index (χ0) is 12.1. The topological polar surface area (TPSA) is 52.6 Å². The summed E-state index contributed by atoms with van der Waals surface area (Å²) in [4.78, 5) is 22.0. The SMILES string of the molecule is C=CC(=O)O[Si](C)(C)COC(=O)C(=C)C. The average molecular weight is 228 g/mol. The van der Waals surface area contributed by atoms with Gasteiger partial charge < -0.3 is 9.16 Å². The first-order valence-corrected chi connectivity index (χ1v) is 7.58. The summed E-state index contributed by atoms with van der Waals surface area (Å²) < 4.78 is 10.0. The molecular formula is C10H16O4Si. The van der Waals surface area contributed by atoms with Gasteiger partial charge >= 0.3 is 11.9 Å². The van der Waals surface area contributed by atoms with Crippen molar-refractivity contribution in [3.05, 3.63) is 24.8 Å². The molecule has 15 heavy (non-hydrogen) atoms. The highest BCUT2D eigenvalue weighted by molar-refractivity contribution is 6.72. The van der Waals surface area contributed by atoms with Crippen molar-refractivity contribution in [2.75, 3.05) is 6.23 Å². The molecule has 0 atom stereocenters. The lowest BCUT2D eigenvalue weighted by Crippen LogP contribution is -2.39. The second-order valence-corrected chi connectivity index (χ2v) is 7.75. The lowest BCUT2D eigenvalue weighted by molar-refractivity contribution is -0.138. The summed E-state index contributed by atoms with van der Waals surface area (Å²) in [5.74, 6) is -0.955. The molecule has 0 aromatic heterocycles.